The molecule has 0 heterocycles. The van der Waals surface area contributed by atoms with E-state index >= 15 is 0 Å². The predicted molar refractivity (Wildman–Crippen MR) is 86.5 cm³/mol. The first-order valence-corrected chi connectivity index (χ1v) is 8.67. The van der Waals surface area contributed by atoms with Crippen molar-refractivity contribution in [2.24, 2.45) is 0 Å². The van der Waals surface area contributed by atoms with Crippen molar-refractivity contribution in [2.75, 3.05) is 6.61 Å². The van der Waals surface area contributed by atoms with Crippen molar-refractivity contribution in [1.82, 2.24) is 0 Å². The zero-order chi connectivity index (χ0) is 14.0. The molecule has 116 valence electrons. The average molecular weight is 334 g/mol. The summed E-state index contributed by atoms with van der Waals surface area (Å²) >= 11 is 0. The summed E-state index contributed by atoms with van der Waals surface area (Å²) in [5.41, 5.74) is 0. The van der Waals surface area contributed by atoms with Crippen LogP contribution in [-0.2, 0) is 19.5 Å². The van der Waals surface area contributed by atoms with E-state index in [1.807, 2.05) is 0 Å². The van der Waals surface area contributed by atoms with Crippen molar-refractivity contribution in [3.63, 3.8) is 0 Å². The van der Waals surface area contributed by atoms with Crippen molar-refractivity contribution < 1.29 is 24.6 Å². The summed E-state index contributed by atoms with van der Waals surface area (Å²) < 4.78 is 0. The van der Waals surface area contributed by atoms with E-state index < -0.39 is 0 Å². The van der Waals surface area contributed by atoms with Crippen molar-refractivity contribution >= 4 is 0 Å². The predicted octanol–water partition coefficient (Wildman–Crippen LogP) is 6.01. The Balaban J connectivity index is 0. The smallest absolute Gasteiger partial charge is 0.0431 e. The number of aliphatic hydroxyl groups excluding tert-OH is 1. The molecule has 0 rings (SSSR count). The average Bonchev–Trinajstić information content (AvgIpc) is 2.43. The van der Waals surface area contributed by atoms with Crippen LogP contribution in [0, 0.1) is 0 Å². The Morgan fingerprint density at radius 1 is 0.600 bits per heavy atom. The summed E-state index contributed by atoms with van der Waals surface area (Å²) in [6, 6.07) is 0. The Hall–Kier alpha value is 0.323. The summed E-state index contributed by atoms with van der Waals surface area (Å²) in [5, 5.41) is 8.66. The second-order valence-electron chi connectivity index (χ2n) is 5.66. The SMILES string of the molecule is CCCCCCCC/C=C\CCCCCCCCO.[Zn]. The molecular weight excluding hydrogens is 298 g/mol. The molecule has 1 N–H and O–H groups in total. The molecule has 0 aromatic rings. The van der Waals surface area contributed by atoms with Crippen molar-refractivity contribution in [3.05, 3.63) is 12.2 Å². The quantitative estimate of drug-likeness (QED) is 0.221. The van der Waals surface area contributed by atoms with Gasteiger partial charge in [0.1, 0.15) is 0 Å². The van der Waals surface area contributed by atoms with E-state index in [-0.39, 0.29) is 19.5 Å². The second kappa shape index (κ2) is 21.6. The van der Waals surface area contributed by atoms with Gasteiger partial charge in [-0.3, -0.25) is 0 Å². The van der Waals surface area contributed by atoms with Crippen molar-refractivity contribution in [3.8, 4) is 0 Å². The van der Waals surface area contributed by atoms with Crippen LogP contribution in [0.2, 0.25) is 0 Å². The van der Waals surface area contributed by atoms with Gasteiger partial charge in [0.2, 0.25) is 0 Å². The number of rotatable bonds is 15. The van der Waals surface area contributed by atoms with E-state index in [1.54, 1.807) is 0 Å². The number of allylic oxidation sites excluding steroid dienone is 2. The molecule has 0 aromatic carbocycles. The number of aliphatic hydroxyl groups is 1. The van der Waals surface area contributed by atoms with Crippen LogP contribution in [-0.4, -0.2) is 11.7 Å². The summed E-state index contributed by atoms with van der Waals surface area (Å²) in [5.74, 6) is 0. The maximum absolute atomic E-state index is 8.66. The number of hydrogen-bond donors (Lipinski definition) is 1. The molecule has 1 nitrogen and oxygen atoms in total. The van der Waals surface area contributed by atoms with Crippen molar-refractivity contribution in [1.29, 1.82) is 0 Å². The van der Waals surface area contributed by atoms with Crippen LogP contribution in [0.4, 0.5) is 0 Å². The van der Waals surface area contributed by atoms with E-state index in [1.165, 1.54) is 83.5 Å². The third-order valence-corrected chi connectivity index (χ3v) is 3.67. The van der Waals surface area contributed by atoms with E-state index in [4.69, 9.17) is 5.11 Å². The molecular formula is C18H36OZn. The second-order valence-corrected chi connectivity index (χ2v) is 5.66. The molecule has 0 unspecified atom stereocenters. The topological polar surface area (TPSA) is 20.2 Å². The van der Waals surface area contributed by atoms with Gasteiger partial charge in [0.15, 0.2) is 0 Å². The summed E-state index contributed by atoms with van der Waals surface area (Å²) in [6.45, 7) is 2.64. The zero-order valence-corrected chi connectivity index (χ0v) is 16.9. The fourth-order valence-electron chi connectivity index (χ4n) is 2.36. The molecule has 0 aromatic heterocycles. The molecule has 0 saturated carbocycles. The minimum Gasteiger partial charge on any atom is -0.396 e. The van der Waals surface area contributed by atoms with Crippen LogP contribution in [0.1, 0.15) is 96.8 Å². The third-order valence-electron chi connectivity index (χ3n) is 3.67. The maximum Gasteiger partial charge on any atom is 0.0431 e. The number of unbranched alkanes of at least 4 members (excludes halogenated alkanes) is 12. The van der Waals surface area contributed by atoms with Crippen LogP contribution in [0.5, 0.6) is 0 Å². The van der Waals surface area contributed by atoms with Gasteiger partial charge in [0, 0.05) is 26.1 Å². The first kappa shape index (κ1) is 22.6. The van der Waals surface area contributed by atoms with Crippen molar-refractivity contribution in [2.45, 2.75) is 96.8 Å². The van der Waals surface area contributed by atoms with Gasteiger partial charge in [0.25, 0.3) is 0 Å². The molecule has 0 spiro atoms. The Kier molecular flexibility index (Phi) is 24.4. The molecule has 0 amide bonds. The van der Waals surface area contributed by atoms with Gasteiger partial charge >= 0.3 is 0 Å². The van der Waals surface area contributed by atoms with Gasteiger partial charge < -0.3 is 5.11 Å². The Bertz CT molecular complexity index is 180. The normalized spacial score (nSPS) is 10.9. The molecule has 0 atom stereocenters. The Morgan fingerprint density at radius 3 is 1.45 bits per heavy atom. The fourth-order valence-corrected chi connectivity index (χ4v) is 2.36. The summed E-state index contributed by atoms with van der Waals surface area (Å²) in [7, 11) is 0. The van der Waals surface area contributed by atoms with Gasteiger partial charge in [-0.15, -0.1) is 0 Å². The fraction of sp³-hybridized carbons (Fsp3) is 0.889. The molecule has 0 bridgehead atoms. The maximum atomic E-state index is 8.66. The Labute approximate surface area is 140 Å². The molecule has 0 aliphatic heterocycles. The molecule has 0 aliphatic carbocycles. The van der Waals surface area contributed by atoms with Gasteiger partial charge in [-0.25, -0.2) is 0 Å². The minimum absolute atomic E-state index is 0. The van der Waals surface area contributed by atoms with Gasteiger partial charge in [-0.1, -0.05) is 76.9 Å². The minimum atomic E-state index is 0. The molecule has 0 fully saturated rings. The molecule has 0 radical (unpaired) electrons. The first-order valence-electron chi connectivity index (χ1n) is 8.67. The Morgan fingerprint density at radius 2 is 1.00 bits per heavy atom. The summed E-state index contributed by atoms with van der Waals surface area (Å²) in [6.07, 6.45) is 23.2. The van der Waals surface area contributed by atoms with E-state index in [0.717, 1.165) is 6.42 Å². The van der Waals surface area contributed by atoms with E-state index in [0.29, 0.717) is 6.61 Å². The van der Waals surface area contributed by atoms with Crippen LogP contribution in [0.3, 0.4) is 0 Å². The molecule has 2 heteroatoms. The molecule has 0 aliphatic rings. The van der Waals surface area contributed by atoms with E-state index in [9.17, 15) is 0 Å². The first-order chi connectivity index (χ1) is 9.41. The van der Waals surface area contributed by atoms with Crippen LogP contribution < -0.4 is 0 Å². The zero-order valence-electron chi connectivity index (χ0n) is 13.9. The monoisotopic (exact) mass is 332 g/mol. The molecule has 0 saturated heterocycles. The number of hydrogen-bond acceptors (Lipinski definition) is 1. The standard InChI is InChI=1S/C18H36O.Zn/c1-2-3-4-5-6-7-8-9-10-11-12-13-14-15-16-17-18-19;/h9-10,19H,2-8,11-18H2,1H3;/b10-9-;. The van der Waals surface area contributed by atoms with Crippen LogP contribution in [0.15, 0.2) is 12.2 Å². The van der Waals surface area contributed by atoms with E-state index in [2.05, 4.69) is 19.1 Å². The molecule has 20 heavy (non-hydrogen) atoms. The van der Waals surface area contributed by atoms with Crippen LogP contribution in [0.25, 0.3) is 0 Å². The van der Waals surface area contributed by atoms with Gasteiger partial charge in [0.05, 0.1) is 0 Å². The van der Waals surface area contributed by atoms with Gasteiger partial charge in [-0.2, -0.15) is 0 Å². The largest absolute Gasteiger partial charge is 0.396 e. The van der Waals surface area contributed by atoms with Crippen LogP contribution >= 0.6 is 0 Å². The summed E-state index contributed by atoms with van der Waals surface area (Å²) in [4.78, 5) is 0. The van der Waals surface area contributed by atoms with Gasteiger partial charge in [-0.05, 0) is 32.1 Å². The third kappa shape index (κ3) is 20.6.